The first-order valence-corrected chi connectivity index (χ1v) is 18.1. The van der Waals surface area contributed by atoms with Crippen molar-refractivity contribution >= 4 is 47.0 Å². The van der Waals surface area contributed by atoms with Crippen LogP contribution in [0.5, 0.6) is 11.5 Å². The van der Waals surface area contributed by atoms with E-state index in [4.69, 9.17) is 9.47 Å². The van der Waals surface area contributed by atoms with E-state index < -0.39 is 12.1 Å². The molecule has 0 aromatic heterocycles. The van der Waals surface area contributed by atoms with Gasteiger partial charge in [0, 0.05) is 35.6 Å². The van der Waals surface area contributed by atoms with Crippen LogP contribution in [0.2, 0.25) is 0 Å². The highest BCUT2D eigenvalue weighted by atomic mass is 16.5. The van der Waals surface area contributed by atoms with E-state index >= 15 is 0 Å². The van der Waals surface area contributed by atoms with Crippen LogP contribution in [0, 0.1) is 0 Å². The number of anilines is 2. The lowest BCUT2D eigenvalue weighted by atomic mass is 10.1. The van der Waals surface area contributed by atoms with Crippen LogP contribution in [0.4, 0.5) is 11.4 Å². The molecule has 274 valence electrons. The molecule has 0 spiro atoms. The molecule has 2 fully saturated rings. The molecule has 53 heavy (non-hydrogen) atoms. The van der Waals surface area contributed by atoms with Gasteiger partial charge in [-0.2, -0.15) is 0 Å². The standard InChI is InChI=1S/C43H46N4O6/c1-52-39-13-5-3-9-32(39)27-41(49)46-25-7-11-36(46)38(48)29-44-34-21-17-30(18-22-34)15-16-31-19-23-35(24-20-31)45-43(51)37-12-8-26-47(37)42(50)28-33-10-4-6-14-40(33)53-2/h3-6,9-10,13-24,36-37,44H,7-8,11-12,25-29H2,1-2H3,(H,45,51)/b16-15+/t36-,37?/m0/s1. The van der Waals surface area contributed by atoms with Gasteiger partial charge in [-0.3, -0.25) is 19.2 Å². The van der Waals surface area contributed by atoms with E-state index in [1.165, 1.54) is 0 Å². The van der Waals surface area contributed by atoms with Crippen LogP contribution < -0.4 is 20.1 Å². The number of carbonyl (C=O) groups is 4. The van der Waals surface area contributed by atoms with Crippen molar-refractivity contribution in [3.05, 3.63) is 119 Å². The van der Waals surface area contributed by atoms with Gasteiger partial charge in [-0.25, -0.2) is 0 Å². The van der Waals surface area contributed by atoms with Gasteiger partial charge in [0.1, 0.15) is 17.5 Å². The first-order chi connectivity index (χ1) is 25.8. The van der Waals surface area contributed by atoms with E-state index in [2.05, 4.69) is 10.6 Å². The largest absolute Gasteiger partial charge is 0.496 e. The molecule has 2 aliphatic heterocycles. The van der Waals surface area contributed by atoms with Crippen LogP contribution in [0.1, 0.15) is 47.9 Å². The third-order valence-corrected chi connectivity index (χ3v) is 9.91. The van der Waals surface area contributed by atoms with Crippen LogP contribution in [-0.4, -0.2) is 79.2 Å². The number of Topliss-reactive ketones (excluding diaryl/α,β-unsaturated/α-hetero) is 1. The first-order valence-electron chi connectivity index (χ1n) is 18.1. The molecular formula is C43H46N4O6. The average molecular weight is 715 g/mol. The molecule has 0 bridgehead atoms. The van der Waals surface area contributed by atoms with E-state index in [1.807, 2.05) is 109 Å². The van der Waals surface area contributed by atoms with Gasteiger partial charge in [0.05, 0.1) is 39.6 Å². The number of para-hydroxylation sites is 2. The summed E-state index contributed by atoms with van der Waals surface area (Å²) in [5, 5.41) is 6.21. The molecule has 2 saturated heterocycles. The monoisotopic (exact) mass is 714 g/mol. The molecule has 2 heterocycles. The zero-order chi connectivity index (χ0) is 37.2. The maximum Gasteiger partial charge on any atom is 0.247 e. The van der Waals surface area contributed by atoms with E-state index in [1.54, 1.807) is 24.0 Å². The Morgan fingerprint density at radius 2 is 1.11 bits per heavy atom. The summed E-state index contributed by atoms with van der Waals surface area (Å²) in [6, 6.07) is 29.3. The van der Waals surface area contributed by atoms with Crippen LogP contribution in [0.15, 0.2) is 97.1 Å². The maximum atomic E-state index is 13.2. The summed E-state index contributed by atoms with van der Waals surface area (Å²) in [5.74, 6) is 0.995. The topological polar surface area (TPSA) is 117 Å². The number of ether oxygens (including phenoxy) is 2. The number of nitrogens with zero attached hydrogens (tertiary/aromatic N) is 2. The summed E-state index contributed by atoms with van der Waals surface area (Å²) in [4.78, 5) is 56.1. The minimum absolute atomic E-state index is 0.00218. The summed E-state index contributed by atoms with van der Waals surface area (Å²) in [6.45, 7) is 1.27. The van der Waals surface area contributed by atoms with Gasteiger partial charge in [-0.05, 0) is 73.2 Å². The molecule has 4 aromatic rings. The van der Waals surface area contributed by atoms with Crippen molar-refractivity contribution in [1.29, 1.82) is 0 Å². The Bertz CT molecular complexity index is 1940. The molecule has 1 unspecified atom stereocenters. The van der Waals surface area contributed by atoms with Crippen molar-refractivity contribution in [2.45, 2.75) is 50.6 Å². The van der Waals surface area contributed by atoms with Gasteiger partial charge < -0.3 is 29.9 Å². The van der Waals surface area contributed by atoms with E-state index in [0.717, 1.165) is 40.8 Å². The number of ketones is 1. The maximum absolute atomic E-state index is 13.2. The van der Waals surface area contributed by atoms with Crippen LogP contribution in [0.3, 0.4) is 0 Å². The average Bonchev–Trinajstić information content (AvgIpc) is 3.89. The summed E-state index contributed by atoms with van der Waals surface area (Å²) >= 11 is 0. The molecule has 3 amide bonds. The second-order valence-corrected chi connectivity index (χ2v) is 13.4. The number of carbonyl (C=O) groups excluding carboxylic acids is 4. The predicted molar refractivity (Wildman–Crippen MR) is 207 cm³/mol. The Morgan fingerprint density at radius 1 is 0.642 bits per heavy atom. The van der Waals surface area contributed by atoms with Gasteiger partial charge in [0.15, 0.2) is 5.78 Å². The fraction of sp³-hybridized carbons (Fsp3) is 0.302. The SMILES string of the molecule is COc1ccccc1CC(=O)N1CCCC1C(=O)Nc1ccc(/C=C/c2ccc(NCC(=O)[C@@H]3CCCN3C(=O)Cc3ccccc3OC)cc2)cc1. The molecule has 0 aliphatic carbocycles. The lowest BCUT2D eigenvalue weighted by Crippen LogP contribution is -2.43. The highest BCUT2D eigenvalue weighted by Gasteiger charge is 2.35. The van der Waals surface area contributed by atoms with Crippen molar-refractivity contribution in [3.8, 4) is 11.5 Å². The zero-order valence-corrected chi connectivity index (χ0v) is 30.3. The van der Waals surface area contributed by atoms with E-state index in [0.29, 0.717) is 43.1 Å². The molecule has 2 N–H and O–H groups in total. The number of hydrogen-bond acceptors (Lipinski definition) is 7. The third kappa shape index (κ3) is 9.32. The normalized spacial score (nSPS) is 16.8. The number of hydrogen-bond donors (Lipinski definition) is 2. The number of nitrogens with one attached hydrogen (secondary N) is 2. The van der Waals surface area contributed by atoms with Crippen LogP contribution >= 0.6 is 0 Å². The number of amides is 3. The van der Waals surface area contributed by atoms with Gasteiger partial charge in [-0.1, -0.05) is 72.8 Å². The zero-order valence-electron chi connectivity index (χ0n) is 30.3. The number of rotatable bonds is 14. The van der Waals surface area contributed by atoms with Crippen molar-refractivity contribution in [2.75, 3.05) is 44.5 Å². The van der Waals surface area contributed by atoms with Crippen molar-refractivity contribution in [3.63, 3.8) is 0 Å². The Kier molecular flexibility index (Phi) is 12.2. The summed E-state index contributed by atoms with van der Waals surface area (Å²) in [5.41, 5.74) is 5.06. The van der Waals surface area contributed by atoms with Crippen molar-refractivity contribution in [1.82, 2.24) is 9.80 Å². The van der Waals surface area contributed by atoms with Crippen LogP contribution in [0.25, 0.3) is 12.2 Å². The van der Waals surface area contributed by atoms with Gasteiger partial charge >= 0.3 is 0 Å². The smallest absolute Gasteiger partial charge is 0.247 e. The number of benzene rings is 4. The molecule has 10 heteroatoms. The van der Waals surface area contributed by atoms with Crippen molar-refractivity contribution < 1.29 is 28.7 Å². The van der Waals surface area contributed by atoms with Crippen molar-refractivity contribution in [2.24, 2.45) is 0 Å². The molecule has 4 aromatic carbocycles. The second-order valence-electron chi connectivity index (χ2n) is 13.4. The molecule has 10 nitrogen and oxygen atoms in total. The molecule has 2 aliphatic rings. The quantitative estimate of drug-likeness (QED) is 0.148. The Balaban J connectivity index is 0.965. The van der Waals surface area contributed by atoms with Crippen LogP contribution in [-0.2, 0) is 32.0 Å². The highest BCUT2D eigenvalue weighted by molar-refractivity contribution is 5.98. The molecule has 2 atom stereocenters. The Morgan fingerprint density at radius 3 is 1.64 bits per heavy atom. The molecular weight excluding hydrogens is 668 g/mol. The molecule has 0 radical (unpaired) electrons. The fourth-order valence-electron chi connectivity index (χ4n) is 7.08. The lowest BCUT2D eigenvalue weighted by Gasteiger charge is -2.24. The fourth-order valence-corrected chi connectivity index (χ4v) is 7.08. The molecule has 6 rings (SSSR count). The van der Waals surface area contributed by atoms with E-state index in [-0.39, 0.29) is 42.9 Å². The first kappa shape index (κ1) is 36.9. The lowest BCUT2D eigenvalue weighted by molar-refractivity contribution is -0.136. The minimum Gasteiger partial charge on any atom is -0.496 e. The Labute approximate surface area is 310 Å². The summed E-state index contributed by atoms with van der Waals surface area (Å²) in [6.07, 6.45) is 7.25. The second kappa shape index (κ2) is 17.5. The Hall–Kier alpha value is -5.90. The molecule has 0 saturated carbocycles. The minimum atomic E-state index is -0.510. The summed E-state index contributed by atoms with van der Waals surface area (Å²) < 4.78 is 10.8. The summed E-state index contributed by atoms with van der Waals surface area (Å²) in [7, 11) is 3.17. The third-order valence-electron chi connectivity index (χ3n) is 9.91. The van der Waals surface area contributed by atoms with Gasteiger partial charge in [-0.15, -0.1) is 0 Å². The number of likely N-dealkylation sites (tertiary alicyclic amines) is 2. The predicted octanol–water partition coefficient (Wildman–Crippen LogP) is 6.26. The number of methoxy groups -OCH3 is 2. The van der Waals surface area contributed by atoms with E-state index in [9.17, 15) is 19.2 Å². The van der Waals surface area contributed by atoms with Gasteiger partial charge in [0.2, 0.25) is 17.7 Å². The highest BCUT2D eigenvalue weighted by Crippen LogP contribution is 2.26. The van der Waals surface area contributed by atoms with Gasteiger partial charge in [0.25, 0.3) is 0 Å².